The van der Waals surface area contributed by atoms with Crippen LogP contribution in [0.25, 0.3) is 0 Å². The van der Waals surface area contributed by atoms with E-state index in [1.165, 1.54) is 25.5 Å². The van der Waals surface area contributed by atoms with Crippen LogP contribution in [0.3, 0.4) is 0 Å². The zero-order valence-corrected chi connectivity index (χ0v) is 12.3. The summed E-state index contributed by atoms with van der Waals surface area (Å²) in [6, 6.07) is 0. The summed E-state index contributed by atoms with van der Waals surface area (Å²) in [6.07, 6.45) is 5.06. The molecule has 0 amide bonds. The molecule has 0 aromatic heterocycles. The van der Waals surface area contributed by atoms with E-state index in [0.29, 0.717) is 11.0 Å². The summed E-state index contributed by atoms with van der Waals surface area (Å²) in [5.74, 6) is 0.995. The molecule has 0 aromatic carbocycles. The molecule has 1 unspecified atom stereocenters. The van der Waals surface area contributed by atoms with Crippen LogP contribution in [0.4, 0.5) is 0 Å². The van der Waals surface area contributed by atoms with Gasteiger partial charge in [-0.1, -0.05) is 26.7 Å². The molecule has 0 aliphatic heterocycles. The molecular weight excluding hydrogens is 242 g/mol. The Labute approximate surface area is 105 Å². The maximum absolute atomic E-state index is 10.9. The van der Waals surface area contributed by atoms with Gasteiger partial charge in [-0.25, -0.2) is 8.42 Å². The van der Waals surface area contributed by atoms with Gasteiger partial charge in [0.1, 0.15) is 9.84 Å². The highest BCUT2D eigenvalue weighted by Crippen LogP contribution is 2.09. The molecule has 1 atom stereocenters. The topological polar surface area (TPSA) is 46.2 Å². The zero-order chi connectivity index (χ0) is 12.4. The van der Waals surface area contributed by atoms with Gasteiger partial charge in [0.05, 0.1) is 5.75 Å². The molecule has 1 N–H and O–H groups in total. The molecule has 0 bridgehead atoms. The van der Waals surface area contributed by atoms with E-state index in [9.17, 15) is 8.42 Å². The first-order valence-corrected chi connectivity index (χ1v) is 9.06. The average molecular weight is 267 g/mol. The van der Waals surface area contributed by atoms with Crippen molar-refractivity contribution in [3.63, 3.8) is 0 Å². The van der Waals surface area contributed by atoms with E-state index in [2.05, 4.69) is 19.2 Å². The van der Waals surface area contributed by atoms with E-state index in [0.717, 1.165) is 13.1 Å². The van der Waals surface area contributed by atoms with Gasteiger partial charge in [0.2, 0.25) is 0 Å². The van der Waals surface area contributed by atoms with E-state index >= 15 is 0 Å². The molecule has 0 fully saturated rings. The van der Waals surface area contributed by atoms with Gasteiger partial charge < -0.3 is 5.32 Å². The van der Waals surface area contributed by atoms with E-state index in [4.69, 9.17) is 0 Å². The summed E-state index contributed by atoms with van der Waals surface area (Å²) < 4.78 is 21.8. The van der Waals surface area contributed by atoms with Crippen LogP contribution >= 0.6 is 11.8 Å². The van der Waals surface area contributed by atoms with Crippen LogP contribution < -0.4 is 5.32 Å². The fourth-order valence-electron chi connectivity index (χ4n) is 1.26. The number of hydrogen-bond acceptors (Lipinski definition) is 4. The van der Waals surface area contributed by atoms with Crippen molar-refractivity contribution in [2.24, 2.45) is 0 Å². The first-order chi connectivity index (χ1) is 7.45. The minimum atomic E-state index is -2.79. The highest BCUT2D eigenvalue weighted by Gasteiger charge is 2.05. The van der Waals surface area contributed by atoms with Crippen LogP contribution in [0.15, 0.2) is 0 Å². The van der Waals surface area contributed by atoms with Crippen LogP contribution in [0.1, 0.15) is 33.1 Å². The summed E-state index contributed by atoms with van der Waals surface area (Å²) >= 11 is 1.73. The molecule has 0 radical (unpaired) electrons. The molecule has 0 saturated carbocycles. The second kappa shape index (κ2) is 9.31. The lowest BCUT2D eigenvalue weighted by Gasteiger charge is -2.11. The SMILES string of the molecule is CCCCCNCC(C)SCCS(C)(=O)=O. The highest BCUT2D eigenvalue weighted by molar-refractivity contribution is 8.01. The molecule has 0 aliphatic carbocycles. The minimum absolute atomic E-state index is 0.290. The lowest BCUT2D eigenvalue weighted by atomic mass is 10.2. The van der Waals surface area contributed by atoms with Crippen molar-refractivity contribution in [1.82, 2.24) is 5.32 Å². The summed E-state index contributed by atoms with van der Waals surface area (Å²) in [5.41, 5.74) is 0. The summed E-state index contributed by atoms with van der Waals surface area (Å²) in [4.78, 5) is 0. The van der Waals surface area contributed by atoms with Crippen molar-refractivity contribution in [1.29, 1.82) is 0 Å². The molecule has 0 spiro atoms. The van der Waals surface area contributed by atoms with Gasteiger partial charge in [-0.15, -0.1) is 0 Å². The molecular formula is C11H25NO2S2. The molecule has 0 aliphatic rings. The van der Waals surface area contributed by atoms with Crippen molar-refractivity contribution in [3.8, 4) is 0 Å². The number of hydrogen-bond donors (Lipinski definition) is 1. The van der Waals surface area contributed by atoms with Crippen LogP contribution in [0, 0.1) is 0 Å². The Morgan fingerprint density at radius 1 is 1.31 bits per heavy atom. The van der Waals surface area contributed by atoms with Gasteiger partial charge >= 0.3 is 0 Å². The minimum Gasteiger partial charge on any atom is -0.316 e. The predicted molar refractivity (Wildman–Crippen MR) is 74.0 cm³/mol. The van der Waals surface area contributed by atoms with Crippen LogP contribution in [0.2, 0.25) is 0 Å². The third-order valence-electron chi connectivity index (χ3n) is 2.25. The Kier molecular flexibility index (Phi) is 9.46. The number of thioether (sulfide) groups is 1. The van der Waals surface area contributed by atoms with E-state index in [1.54, 1.807) is 11.8 Å². The number of rotatable bonds is 10. The Morgan fingerprint density at radius 3 is 2.56 bits per heavy atom. The largest absolute Gasteiger partial charge is 0.316 e. The first kappa shape index (κ1) is 16.3. The third kappa shape index (κ3) is 12.3. The molecule has 98 valence electrons. The van der Waals surface area contributed by atoms with E-state index in [1.807, 2.05) is 0 Å². The second-order valence-corrected chi connectivity index (χ2v) is 8.03. The van der Waals surface area contributed by atoms with Gasteiger partial charge in [0.15, 0.2) is 0 Å². The molecule has 0 saturated heterocycles. The summed E-state index contributed by atoms with van der Waals surface area (Å²) in [7, 11) is -2.79. The Morgan fingerprint density at radius 2 is 2.00 bits per heavy atom. The predicted octanol–water partition coefficient (Wildman–Crippen LogP) is 1.93. The van der Waals surface area contributed by atoms with Gasteiger partial charge in [-0.2, -0.15) is 11.8 Å². The molecule has 0 rings (SSSR count). The number of sulfone groups is 1. The fraction of sp³-hybridized carbons (Fsp3) is 1.00. The van der Waals surface area contributed by atoms with Crippen molar-refractivity contribution in [2.45, 2.75) is 38.4 Å². The van der Waals surface area contributed by atoms with Crippen LogP contribution in [-0.4, -0.2) is 44.5 Å². The maximum Gasteiger partial charge on any atom is 0.148 e. The van der Waals surface area contributed by atoms with E-state index < -0.39 is 9.84 Å². The third-order valence-corrected chi connectivity index (χ3v) is 4.63. The fourth-order valence-corrected chi connectivity index (χ4v) is 3.50. The van der Waals surface area contributed by atoms with Gasteiger partial charge in [-0.05, 0) is 13.0 Å². The molecule has 16 heavy (non-hydrogen) atoms. The molecule has 5 heteroatoms. The van der Waals surface area contributed by atoms with Crippen molar-refractivity contribution in [2.75, 3.05) is 30.9 Å². The summed E-state index contributed by atoms with van der Waals surface area (Å²) in [6.45, 7) is 6.38. The molecule has 3 nitrogen and oxygen atoms in total. The van der Waals surface area contributed by atoms with Crippen molar-refractivity contribution in [3.05, 3.63) is 0 Å². The summed E-state index contributed by atoms with van der Waals surface area (Å²) in [5, 5.41) is 3.89. The van der Waals surface area contributed by atoms with Gasteiger partial charge in [0.25, 0.3) is 0 Å². The standard InChI is InChI=1S/C11H25NO2S2/c1-4-5-6-7-12-10-11(2)15-8-9-16(3,13)14/h11-12H,4-10H2,1-3H3. The normalized spacial score (nSPS) is 13.9. The maximum atomic E-state index is 10.9. The monoisotopic (exact) mass is 267 g/mol. The van der Waals surface area contributed by atoms with Gasteiger partial charge in [-0.3, -0.25) is 0 Å². The Hall–Kier alpha value is 0.260. The zero-order valence-electron chi connectivity index (χ0n) is 10.7. The lowest BCUT2D eigenvalue weighted by Crippen LogP contribution is -2.24. The second-order valence-electron chi connectivity index (χ2n) is 4.22. The first-order valence-electron chi connectivity index (χ1n) is 5.95. The molecule has 0 aromatic rings. The smallest absolute Gasteiger partial charge is 0.148 e. The van der Waals surface area contributed by atoms with E-state index in [-0.39, 0.29) is 5.75 Å². The quantitative estimate of drug-likeness (QED) is 0.614. The Balaban J connectivity index is 3.34. The van der Waals surface area contributed by atoms with Crippen LogP contribution in [0.5, 0.6) is 0 Å². The van der Waals surface area contributed by atoms with Crippen molar-refractivity contribution >= 4 is 21.6 Å². The average Bonchev–Trinajstić information content (AvgIpc) is 2.15. The number of nitrogens with one attached hydrogen (secondary N) is 1. The molecule has 0 heterocycles. The van der Waals surface area contributed by atoms with Gasteiger partial charge in [0, 0.05) is 23.8 Å². The Bertz CT molecular complexity index is 253. The highest BCUT2D eigenvalue weighted by atomic mass is 32.2. The van der Waals surface area contributed by atoms with Crippen LogP contribution in [-0.2, 0) is 9.84 Å². The van der Waals surface area contributed by atoms with Crippen molar-refractivity contribution < 1.29 is 8.42 Å². The lowest BCUT2D eigenvalue weighted by molar-refractivity contribution is 0.603. The number of unbranched alkanes of at least 4 members (excludes halogenated alkanes) is 2.